The van der Waals surface area contributed by atoms with E-state index in [1.807, 2.05) is 10.8 Å². The van der Waals surface area contributed by atoms with Gasteiger partial charge in [-0.1, -0.05) is 12.1 Å². The molecular formula is C13H13N3O. The zero-order valence-electron chi connectivity index (χ0n) is 9.32. The van der Waals surface area contributed by atoms with Crippen LogP contribution in [0, 0.1) is 11.3 Å². The monoisotopic (exact) mass is 227 g/mol. The highest BCUT2D eigenvalue weighted by Crippen LogP contribution is 2.17. The van der Waals surface area contributed by atoms with Crippen molar-refractivity contribution < 1.29 is 5.11 Å². The number of rotatable bonds is 4. The van der Waals surface area contributed by atoms with Gasteiger partial charge in [0, 0.05) is 18.9 Å². The Labute approximate surface area is 99.8 Å². The van der Waals surface area contributed by atoms with Crippen molar-refractivity contribution in [2.45, 2.75) is 19.1 Å². The van der Waals surface area contributed by atoms with E-state index in [2.05, 4.69) is 11.1 Å². The Kier molecular flexibility index (Phi) is 3.53. The molecule has 0 amide bonds. The summed E-state index contributed by atoms with van der Waals surface area (Å²) < 4.78 is 1.92. The maximum Gasteiger partial charge on any atom is 0.0991 e. The summed E-state index contributed by atoms with van der Waals surface area (Å²) in [6, 6.07) is 9.07. The van der Waals surface area contributed by atoms with Crippen molar-refractivity contribution in [2.75, 3.05) is 0 Å². The van der Waals surface area contributed by atoms with Gasteiger partial charge in [-0.2, -0.15) is 5.26 Å². The number of aromatic nitrogens is 2. The van der Waals surface area contributed by atoms with E-state index in [1.165, 1.54) is 0 Å². The molecule has 2 rings (SSSR count). The Morgan fingerprint density at radius 2 is 2.12 bits per heavy atom. The topological polar surface area (TPSA) is 61.8 Å². The van der Waals surface area contributed by atoms with Gasteiger partial charge in [-0.15, -0.1) is 0 Å². The van der Waals surface area contributed by atoms with E-state index in [4.69, 9.17) is 5.26 Å². The molecule has 0 saturated carbocycles. The zero-order chi connectivity index (χ0) is 12.1. The summed E-state index contributed by atoms with van der Waals surface area (Å²) in [5.41, 5.74) is 1.44. The SMILES string of the molecule is N#Cc1ccc(C(O)CCn2ccnc2)cc1. The number of benzene rings is 1. The number of imidazole rings is 1. The van der Waals surface area contributed by atoms with Gasteiger partial charge in [0.2, 0.25) is 0 Å². The van der Waals surface area contributed by atoms with E-state index in [-0.39, 0.29) is 0 Å². The molecule has 17 heavy (non-hydrogen) atoms. The van der Waals surface area contributed by atoms with Crippen LogP contribution in [0.15, 0.2) is 43.0 Å². The Morgan fingerprint density at radius 3 is 2.71 bits per heavy atom. The van der Waals surface area contributed by atoms with E-state index in [1.54, 1.807) is 36.8 Å². The fraction of sp³-hybridized carbons (Fsp3) is 0.231. The first-order valence-electron chi connectivity index (χ1n) is 5.43. The van der Waals surface area contributed by atoms with Crippen LogP contribution in [0.4, 0.5) is 0 Å². The van der Waals surface area contributed by atoms with E-state index in [0.717, 1.165) is 12.1 Å². The molecule has 0 aliphatic carbocycles. The van der Waals surface area contributed by atoms with Gasteiger partial charge in [0.05, 0.1) is 24.1 Å². The predicted octanol–water partition coefficient (Wildman–Crippen LogP) is 1.88. The van der Waals surface area contributed by atoms with E-state index in [9.17, 15) is 5.11 Å². The summed E-state index contributed by atoms with van der Waals surface area (Å²) in [7, 11) is 0. The third kappa shape index (κ3) is 2.92. The summed E-state index contributed by atoms with van der Waals surface area (Å²) >= 11 is 0. The molecule has 4 heteroatoms. The maximum atomic E-state index is 9.97. The molecule has 0 radical (unpaired) electrons. The first kappa shape index (κ1) is 11.4. The summed E-state index contributed by atoms with van der Waals surface area (Å²) in [5.74, 6) is 0. The van der Waals surface area contributed by atoms with Gasteiger partial charge < -0.3 is 9.67 Å². The first-order chi connectivity index (χ1) is 8.29. The first-order valence-corrected chi connectivity index (χ1v) is 5.43. The van der Waals surface area contributed by atoms with Crippen molar-refractivity contribution in [1.82, 2.24) is 9.55 Å². The fourth-order valence-electron chi connectivity index (χ4n) is 1.64. The Hall–Kier alpha value is -2.12. The van der Waals surface area contributed by atoms with Gasteiger partial charge in [0.25, 0.3) is 0 Å². The number of aliphatic hydroxyl groups is 1. The number of nitrogens with zero attached hydrogens (tertiary/aromatic N) is 3. The van der Waals surface area contributed by atoms with Gasteiger partial charge >= 0.3 is 0 Å². The van der Waals surface area contributed by atoms with Crippen LogP contribution in [0.25, 0.3) is 0 Å². The van der Waals surface area contributed by atoms with Crippen molar-refractivity contribution in [2.24, 2.45) is 0 Å². The van der Waals surface area contributed by atoms with Crippen molar-refractivity contribution >= 4 is 0 Å². The van der Waals surface area contributed by atoms with E-state index in [0.29, 0.717) is 12.0 Å². The molecule has 1 atom stereocenters. The average molecular weight is 227 g/mol. The van der Waals surface area contributed by atoms with Gasteiger partial charge in [-0.3, -0.25) is 0 Å². The second-order valence-electron chi connectivity index (χ2n) is 3.84. The molecular weight excluding hydrogens is 214 g/mol. The highest BCUT2D eigenvalue weighted by molar-refractivity contribution is 5.32. The lowest BCUT2D eigenvalue weighted by molar-refractivity contribution is 0.161. The minimum atomic E-state index is -0.509. The zero-order valence-corrected chi connectivity index (χ0v) is 9.32. The highest BCUT2D eigenvalue weighted by atomic mass is 16.3. The summed E-state index contributed by atoms with van der Waals surface area (Å²) in [5, 5.41) is 18.6. The third-order valence-corrected chi connectivity index (χ3v) is 2.64. The number of aryl methyl sites for hydroxylation is 1. The van der Waals surface area contributed by atoms with Crippen molar-refractivity contribution in [1.29, 1.82) is 5.26 Å². The van der Waals surface area contributed by atoms with E-state index < -0.39 is 6.10 Å². The molecule has 0 spiro atoms. The lowest BCUT2D eigenvalue weighted by Crippen LogP contribution is -2.03. The molecule has 0 bridgehead atoms. The van der Waals surface area contributed by atoms with Crippen LogP contribution in [0.5, 0.6) is 0 Å². The van der Waals surface area contributed by atoms with Crippen LogP contribution < -0.4 is 0 Å². The quantitative estimate of drug-likeness (QED) is 0.867. The molecule has 0 fully saturated rings. The molecule has 0 saturated heterocycles. The number of hydrogen-bond acceptors (Lipinski definition) is 3. The summed E-state index contributed by atoms with van der Waals surface area (Å²) in [4.78, 5) is 3.94. The smallest absolute Gasteiger partial charge is 0.0991 e. The highest BCUT2D eigenvalue weighted by Gasteiger charge is 2.07. The summed E-state index contributed by atoms with van der Waals surface area (Å²) in [6.07, 6.45) is 5.43. The molecule has 0 aliphatic rings. The van der Waals surface area contributed by atoms with Crippen molar-refractivity contribution in [3.8, 4) is 6.07 Å². The van der Waals surface area contributed by atoms with Crippen molar-refractivity contribution in [3.05, 3.63) is 54.1 Å². The Morgan fingerprint density at radius 1 is 1.35 bits per heavy atom. The van der Waals surface area contributed by atoms with Crippen LogP contribution in [0.2, 0.25) is 0 Å². The second-order valence-corrected chi connectivity index (χ2v) is 3.84. The molecule has 1 unspecified atom stereocenters. The molecule has 0 aliphatic heterocycles. The molecule has 1 aromatic heterocycles. The molecule has 4 nitrogen and oxygen atoms in total. The van der Waals surface area contributed by atoms with Gasteiger partial charge in [0.1, 0.15) is 0 Å². The lowest BCUT2D eigenvalue weighted by atomic mass is 10.1. The minimum Gasteiger partial charge on any atom is -0.388 e. The number of aliphatic hydroxyl groups excluding tert-OH is 1. The van der Waals surface area contributed by atoms with Gasteiger partial charge in [-0.05, 0) is 24.1 Å². The van der Waals surface area contributed by atoms with Gasteiger partial charge in [-0.25, -0.2) is 4.98 Å². The number of nitriles is 1. The molecule has 1 aromatic carbocycles. The molecule has 1 N–H and O–H groups in total. The third-order valence-electron chi connectivity index (χ3n) is 2.64. The Balaban J connectivity index is 1.95. The predicted molar refractivity (Wildman–Crippen MR) is 63.0 cm³/mol. The van der Waals surface area contributed by atoms with E-state index >= 15 is 0 Å². The van der Waals surface area contributed by atoms with Crippen molar-refractivity contribution in [3.63, 3.8) is 0 Å². The fourth-order valence-corrected chi connectivity index (χ4v) is 1.64. The van der Waals surface area contributed by atoms with Gasteiger partial charge in [0.15, 0.2) is 0 Å². The van der Waals surface area contributed by atoms with Crippen LogP contribution in [0.3, 0.4) is 0 Å². The molecule has 86 valence electrons. The molecule has 2 aromatic rings. The second kappa shape index (κ2) is 5.28. The standard InChI is InChI=1S/C13H13N3O/c14-9-11-1-3-12(4-2-11)13(17)5-7-16-8-6-15-10-16/h1-4,6,8,10,13,17H,5,7H2. The van der Waals surface area contributed by atoms with Crippen LogP contribution in [-0.2, 0) is 6.54 Å². The van der Waals surface area contributed by atoms with Crippen LogP contribution in [-0.4, -0.2) is 14.7 Å². The van der Waals surface area contributed by atoms with Crippen LogP contribution in [0.1, 0.15) is 23.7 Å². The molecule has 1 heterocycles. The van der Waals surface area contributed by atoms with Crippen LogP contribution >= 0.6 is 0 Å². The number of hydrogen-bond donors (Lipinski definition) is 1. The maximum absolute atomic E-state index is 9.97. The average Bonchev–Trinajstić information content (AvgIpc) is 2.89. The lowest BCUT2D eigenvalue weighted by Gasteiger charge is -2.11. The minimum absolute atomic E-state index is 0.509. The Bertz CT molecular complexity index is 496. The normalized spacial score (nSPS) is 12.0. The largest absolute Gasteiger partial charge is 0.388 e. The summed E-state index contributed by atoms with van der Waals surface area (Å²) in [6.45, 7) is 0.723.